The van der Waals surface area contributed by atoms with Gasteiger partial charge >= 0.3 is 6.18 Å². The van der Waals surface area contributed by atoms with Gasteiger partial charge in [0.2, 0.25) is 0 Å². The minimum atomic E-state index is -4.38. The first-order chi connectivity index (χ1) is 8.02. The minimum absolute atomic E-state index is 0.300. The summed E-state index contributed by atoms with van der Waals surface area (Å²) in [6, 6.07) is 4.90. The van der Waals surface area contributed by atoms with E-state index in [4.69, 9.17) is 5.11 Å². The van der Waals surface area contributed by atoms with Gasteiger partial charge < -0.3 is 5.11 Å². The molecule has 1 aromatic heterocycles. The molecule has 2 aromatic rings. The van der Waals surface area contributed by atoms with Crippen LogP contribution in [0.4, 0.5) is 13.2 Å². The number of hydrogen-bond acceptors (Lipinski definition) is 2. The molecule has 3 nitrogen and oxygen atoms in total. The van der Waals surface area contributed by atoms with Gasteiger partial charge in [0.15, 0.2) is 0 Å². The van der Waals surface area contributed by atoms with E-state index >= 15 is 0 Å². The second-order valence-corrected chi connectivity index (χ2v) is 3.50. The van der Waals surface area contributed by atoms with Crippen molar-refractivity contribution < 1.29 is 18.3 Å². The molecular formula is C11H9F3N2O. The van der Waals surface area contributed by atoms with Crippen LogP contribution in [0.15, 0.2) is 30.5 Å². The maximum absolute atomic E-state index is 12.5. The molecule has 0 aliphatic carbocycles. The molecule has 0 fully saturated rings. The second-order valence-electron chi connectivity index (χ2n) is 3.50. The Kier molecular flexibility index (Phi) is 2.89. The fourth-order valence-electron chi connectivity index (χ4n) is 1.55. The van der Waals surface area contributed by atoms with Crippen LogP contribution in [0.2, 0.25) is 0 Å². The molecule has 0 bridgehead atoms. The monoisotopic (exact) mass is 242 g/mol. The van der Waals surface area contributed by atoms with Crippen molar-refractivity contribution in [2.45, 2.75) is 12.8 Å². The first-order valence-corrected chi connectivity index (χ1v) is 4.83. The van der Waals surface area contributed by atoms with E-state index in [1.54, 1.807) is 6.07 Å². The molecule has 0 atom stereocenters. The Morgan fingerprint density at radius 1 is 1.29 bits per heavy atom. The Morgan fingerprint density at radius 2 is 2.06 bits per heavy atom. The third-order valence-electron chi connectivity index (χ3n) is 2.38. The highest BCUT2D eigenvalue weighted by molar-refractivity contribution is 5.65. The third kappa shape index (κ3) is 2.31. The van der Waals surface area contributed by atoms with Crippen LogP contribution >= 0.6 is 0 Å². The highest BCUT2D eigenvalue weighted by atomic mass is 19.4. The van der Waals surface area contributed by atoms with Crippen molar-refractivity contribution in [3.63, 3.8) is 0 Å². The van der Waals surface area contributed by atoms with Crippen molar-refractivity contribution in [3.05, 3.63) is 41.7 Å². The van der Waals surface area contributed by atoms with Crippen LogP contribution in [-0.2, 0) is 12.8 Å². The average Bonchev–Trinajstić information content (AvgIpc) is 2.76. The van der Waals surface area contributed by atoms with Gasteiger partial charge in [-0.3, -0.25) is 5.10 Å². The van der Waals surface area contributed by atoms with E-state index in [0.29, 0.717) is 16.8 Å². The molecule has 0 spiro atoms. The van der Waals surface area contributed by atoms with Gasteiger partial charge in [-0.1, -0.05) is 12.1 Å². The van der Waals surface area contributed by atoms with Crippen molar-refractivity contribution in [1.82, 2.24) is 10.2 Å². The summed E-state index contributed by atoms with van der Waals surface area (Å²) >= 11 is 0. The summed E-state index contributed by atoms with van der Waals surface area (Å²) in [4.78, 5) is 0. The van der Waals surface area contributed by atoms with Crippen LogP contribution in [0.3, 0.4) is 0 Å². The molecule has 17 heavy (non-hydrogen) atoms. The van der Waals surface area contributed by atoms with Crippen molar-refractivity contribution in [2.24, 2.45) is 0 Å². The third-order valence-corrected chi connectivity index (χ3v) is 2.38. The normalized spacial score (nSPS) is 11.8. The molecule has 0 unspecified atom stereocenters. The lowest BCUT2D eigenvalue weighted by molar-refractivity contribution is -0.137. The summed E-state index contributed by atoms with van der Waals surface area (Å²) in [5.74, 6) is 0. The number of nitrogens with one attached hydrogen (secondary N) is 1. The molecule has 2 rings (SSSR count). The highest BCUT2D eigenvalue weighted by Crippen LogP contribution is 2.32. The number of H-pyrrole nitrogens is 1. The first kappa shape index (κ1) is 11.7. The maximum Gasteiger partial charge on any atom is 0.416 e. The largest absolute Gasteiger partial charge is 0.416 e. The lowest BCUT2D eigenvalue weighted by atomic mass is 10.0. The Morgan fingerprint density at radius 3 is 2.71 bits per heavy atom. The molecule has 6 heteroatoms. The topological polar surface area (TPSA) is 48.9 Å². The molecule has 90 valence electrons. The number of aliphatic hydroxyl groups excluding tert-OH is 1. The molecule has 0 aliphatic rings. The van der Waals surface area contributed by atoms with Gasteiger partial charge in [0.05, 0.1) is 24.1 Å². The van der Waals surface area contributed by atoms with Gasteiger partial charge in [-0.15, -0.1) is 0 Å². The van der Waals surface area contributed by atoms with Crippen molar-refractivity contribution >= 4 is 0 Å². The van der Waals surface area contributed by atoms with Gasteiger partial charge in [-0.2, -0.15) is 18.3 Å². The number of aromatic nitrogens is 2. The van der Waals surface area contributed by atoms with Crippen LogP contribution in [0, 0.1) is 0 Å². The van der Waals surface area contributed by atoms with E-state index in [1.807, 2.05) is 0 Å². The lowest BCUT2D eigenvalue weighted by Gasteiger charge is -2.08. The van der Waals surface area contributed by atoms with Crippen molar-refractivity contribution in [2.75, 3.05) is 0 Å². The fourth-order valence-corrected chi connectivity index (χ4v) is 1.55. The molecule has 2 N–H and O–H groups in total. The maximum atomic E-state index is 12.5. The molecule has 0 radical (unpaired) electrons. The van der Waals surface area contributed by atoms with E-state index in [0.717, 1.165) is 12.1 Å². The number of benzene rings is 1. The number of rotatable bonds is 2. The minimum Gasteiger partial charge on any atom is -0.390 e. The number of aromatic amines is 1. The summed E-state index contributed by atoms with van der Waals surface area (Å²) in [7, 11) is 0. The van der Waals surface area contributed by atoms with Crippen LogP contribution in [-0.4, -0.2) is 15.3 Å². The lowest BCUT2D eigenvalue weighted by Crippen LogP contribution is -2.04. The number of halogens is 3. The van der Waals surface area contributed by atoms with Crippen molar-refractivity contribution in [1.29, 1.82) is 0 Å². The molecule has 0 saturated carbocycles. The standard InChI is InChI=1S/C11H9F3N2O/c12-11(13,14)8-3-1-2-7(4-8)9-5-15-16-10(9)6-17/h1-5,17H,6H2,(H,15,16). The smallest absolute Gasteiger partial charge is 0.390 e. The first-order valence-electron chi connectivity index (χ1n) is 4.83. The molecular weight excluding hydrogens is 233 g/mol. The molecule has 1 heterocycles. The van der Waals surface area contributed by atoms with Gasteiger partial charge in [0.25, 0.3) is 0 Å². The Balaban J connectivity index is 2.47. The average molecular weight is 242 g/mol. The summed E-state index contributed by atoms with van der Waals surface area (Å²) in [5, 5.41) is 15.2. The number of alkyl halides is 3. The zero-order valence-electron chi connectivity index (χ0n) is 8.62. The summed E-state index contributed by atoms with van der Waals surface area (Å²) in [6.07, 6.45) is -2.99. The Labute approximate surface area is 94.9 Å². The van der Waals surface area contributed by atoms with Crippen LogP contribution in [0.25, 0.3) is 11.1 Å². The molecule has 0 amide bonds. The van der Waals surface area contributed by atoms with Gasteiger partial charge in [0, 0.05) is 5.56 Å². The van der Waals surface area contributed by atoms with Crippen molar-refractivity contribution in [3.8, 4) is 11.1 Å². The van der Waals surface area contributed by atoms with Gasteiger partial charge in [-0.05, 0) is 17.7 Å². The Hall–Kier alpha value is -1.82. The fraction of sp³-hybridized carbons (Fsp3) is 0.182. The predicted octanol–water partition coefficient (Wildman–Crippen LogP) is 2.59. The van der Waals surface area contributed by atoms with E-state index in [2.05, 4.69) is 10.2 Å². The van der Waals surface area contributed by atoms with Crippen LogP contribution < -0.4 is 0 Å². The van der Waals surface area contributed by atoms with Gasteiger partial charge in [0.1, 0.15) is 0 Å². The highest BCUT2D eigenvalue weighted by Gasteiger charge is 2.30. The SMILES string of the molecule is OCc1[nH]ncc1-c1cccc(C(F)(F)F)c1. The zero-order valence-corrected chi connectivity index (χ0v) is 8.62. The second kappa shape index (κ2) is 4.21. The quantitative estimate of drug-likeness (QED) is 0.850. The summed E-state index contributed by atoms with van der Waals surface area (Å²) in [6.45, 7) is -0.300. The molecule has 0 saturated heterocycles. The van der Waals surface area contributed by atoms with E-state index in [9.17, 15) is 13.2 Å². The predicted molar refractivity (Wildman–Crippen MR) is 54.9 cm³/mol. The van der Waals surface area contributed by atoms with Gasteiger partial charge in [-0.25, -0.2) is 0 Å². The van der Waals surface area contributed by atoms with E-state index in [-0.39, 0.29) is 6.61 Å². The Bertz CT molecular complexity index is 519. The van der Waals surface area contributed by atoms with E-state index in [1.165, 1.54) is 12.3 Å². The number of nitrogens with zero attached hydrogens (tertiary/aromatic N) is 1. The summed E-state index contributed by atoms with van der Waals surface area (Å²) < 4.78 is 37.6. The number of aliphatic hydroxyl groups is 1. The van der Waals surface area contributed by atoms with Crippen LogP contribution in [0.5, 0.6) is 0 Å². The molecule has 1 aromatic carbocycles. The molecule has 0 aliphatic heterocycles. The zero-order chi connectivity index (χ0) is 12.5. The number of hydrogen-bond donors (Lipinski definition) is 2. The van der Waals surface area contributed by atoms with E-state index < -0.39 is 11.7 Å². The van der Waals surface area contributed by atoms with Crippen LogP contribution in [0.1, 0.15) is 11.3 Å². The summed E-state index contributed by atoms with van der Waals surface area (Å²) in [5.41, 5.74) is 0.514.